The predicted molar refractivity (Wildman–Crippen MR) is 111 cm³/mol. The summed E-state index contributed by atoms with van der Waals surface area (Å²) in [6, 6.07) is 23.1. The minimum atomic E-state index is -0.391. The predicted octanol–water partition coefficient (Wildman–Crippen LogP) is 4.89. The van der Waals surface area contributed by atoms with Crippen molar-refractivity contribution < 1.29 is 14.3 Å². The van der Waals surface area contributed by atoms with Crippen molar-refractivity contribution in [2.75, 3.05) is 10.6 Å². The molecule has 0 aliphatic rings. The molecule has 3 rings (SSSR count). The Balaban J connectivity index is 1.58. The third-order valence-electron chi connectivity index (χ3n) is 4.04. The van der Waals surface area contributed by atoms with Crippen LogP contribution in [0, 0.1) is 18.3 Å². The molecule has 0 radical (unpaired) electrons. The van der Waals surface area contributed by atoms with Crippen molar-refractivity contribution in [3.05, 3.63) is 83.9 Å². The number of carbonyl (C=O) groups excluding carboxylic acids is 2. The Labute approximate surface area is 168 Å². The Morgan fingerprint density at radius 1 is 0.828 bits per heavy atom. The summed E-state index contributed by atoms with van der Waals surface area (Å²) in [6.45, 7) is 2.01. The lowest BCUT2D eigenvalue weighted by Crippen LogP contribution is -2.13. The van der Waals surface area contributed by atoms with Crippen LogP contribution in [0.25, 0.3) is 0 Å². The maximum atomic E-state index is 12.4. The fourth-order valence-corrected chi connectivity index (χ4v) is 2.53. The molecule has 29 heavy (non-hydrogen) atoms. The van der Waals surface area contributed by atoms with Crippen molar-refractivity contribution >= 4 is 23.2 Å². The summed E-state index contributed by atoms with van der Waals surface area (Å²) in [5.74, 6) is 0.753. The van der Waals surface area contributed by atoms with E-state index in [2.05, 4.69) is 10.6 Å². The molecule has 0 bridgehead atoms. The van der Waals surface area contributed by atoms with Crippen LogP contribution < -0.4 is 15.4 Å². The fraction of sp³-hybridized carbons (Fsp3) is 0.0870. The highest BCUT2D eigenvalue weighted by atomic mass is 16.5. The zero-order valence-corrected chi connectivity index (χ0v) is 15.8. The molecule has 0 saturated carbocycles. The first-order chi connectivity index (χ1) is 14.0. The van der Waals surface area contributed by atoms with Gasteiger partial charge in [0.05, 0.1) is 6.07 Å². The number of ether oxygens (including phenoxy) is 1. The lowest BCUT2D eigenvalue weighted by molar-refractivity contribution is -0.115. The number of amides is 2. The van der Waals surface area contributed by atoms with Crippen molar-refractivity contribution in [2.45, 2.75) is 13.3 Å². The van der Waals surface area contributed by atoms with E-state index in [0.29, 0.717) is 22.7 Å². The van der Waals surface area contributed by atoms with Gasteiger partial charge in [-0.05, 0) is 67.6 Å². The van der Waals surface area contributed by atoms with Gasteiger partial charge in [0.15, 0.2) is 0 Å². The molecular formula is C23H19N3O3. The molecule has 2 N–H and O–H groups in total. The molecular weight excluding hydrogens is 366 g/mol. The van der Waals surface area contributed by atoms with Gasteiger partial charge in [-0.25, -0.2) is 0 Å². The van der Waals surface area contributed by atoms with Crippen molar-refractivity contribution in [1.82, 2.24) is 0 Å². The minimum Gasteiger partial charge on any atom is -0.457 e. The molecule has 0 aromatic heterocycles. The number of hydrogen-bond donors (Lipinski definition) is 2. The average Bonchev–Trinajstić information content (AvgIpc) is 2.72. The summed E-state index contributed by atoms with van der Waals surface area (Å²) < 4.78 is 5.77. The fourth-order valence-electron chi connectivity index (χ4n) is 2.53. The van der Waals surface area contributed by atoms with E-state index in [9.17, 15) is 9.59 Å². The third kappa shape index (κ3) is 5.68. The summed E-state index contributed by atoms with van der Waals surface area (Å²) in [7, 11) is 0. The standard InChI is InChI=1S/C23H19N3O3/c1-16-2-10-20(11-3-16)29-21-12-8-19(9-13-21)26-23(28)17-4-6-18(7-5-17)25-22(27)14-15-24/h2-13H,14H2,1H3,(H,25,27)(H,26,28). The van der Waals surface area contributed by atoms with E-state index in [-0.39, 0.29) is 12.3 Å². The quantitative estimate of drug-likeness (QED) is 0.632. The van der Waals surface area contributed by atoms with Gasteiger partial charge in [-0.1, -0.05) is 17.7 Å². The normalized spacial score (nSPS) is 9.93. The number of rotatable bonds is 6. The van der Waals surface area contributed by atoms with E-state index in [1.165, 1.54) is 0 Å². The summed E-state index contributed by atoms with van der Waals surface area (Å²) in [5, 5.41) is 13.9. The first kappa shape index (κ1) is 19.6. The van der Waals surface area contributed by atoms with Gasteiger partial charge in [-0.15, -0.1) is 0 Å². The molecule has 0 saturated heterocycles. The monoisotopic (exact) mass is 385 g/mol. The second-order valence-electron chi connectivity index (χ2n) is 6.35. The van der Waals surface area contributed by atoms with Crippen LogP contribution in [0.5, 0.6) is 11.5 Å². The van der Waals surface area contributed by atoms with E-state index < -0.39 is 5.91 Å². The molecule has 2 amide bonds. The van der Waals surface area contributed by atoms with Gasteiger partial charge in [0.1, 0.15) is 17.9 Å². The van der Waals surface area contributed by atoms with Gasteiger partial charge in [-0.2, -0.15) is 5.26 Å². The highest BCUT2D eigenvalue weighted by Crippen LogP contribution is 2.23. The Kier molecular flexibility index (Phi) is 6.23. The minimum absolute atomic E-state index is 0.216. The van der Waals surface area contributed by atoms with Crippen LogP contribution in [0.15, 0.2) is 72.8 Å². The molecule has 0 atom stereocenters. The van der Waals surface area contributed by atoms with E-state index in [0.717, 1.165) is 11.3 Å². The molecule has 0 heterocycles. The van der Waals surface area contributed by atoms with Gasteiger partial charge in [0.2, 0.25) is 5.91 Å². The highest BCUT2D eigenvalue weighted by Gasteiger charge is 2.08. The Hall–Kier alpha value is -4.11. The van der Waals surface area contributed by atoms with Crippen LogP contribution in [0.4, 0.5) is 11.4 Å². The number of carbonyl (C=O) groups is 2. The molecule has 144 valence electrons. The maximum absolute atomic E-state index is 12.4. The summed E-state index contributed by atoms with van der Waals surface area (Å²) in [5.41, 5.74) is 2.77. The second-order valence-corrected chi connectivity index (χ2v) is 6.35. The molecule has 0 aliphatic heterocycles. The van der Waals surface area contributed by atoms with Crippen molar-refractivity contribution in [3.63, 3.8) is 0 Å². The summed E-state index contributed by atoms with van der Waals surface area (Å²) in [6.07, 6.45) is -0.216. The Bertz CT molecular complexity index is 1030. The molecule has 0 fully saturated rings. The molecule has 6 nitrogen and oxygen atoms in total. The first-order valence-electron chi connectivity index (χ1n) is 8.96. The zero-order chi connectivity index (χ0) is 20.6. The number of nitriles is 1. The van der Waals surface area contributed by atoms with Gasteiger partial charge in [0.25, 0.3) is 5.91 Å². The van der Waals surface area contributed by atoms with Crippen molar-refractivity contribution in [2.24, 2.45) is 0 Å². The zero-order valence-electron chi connectivity index (χ0n) is 15.8. The van der Waals surface area contributed by atoms with Crippen LogP contribution in [0.2, 0.25) is 0 Å². The summed E-state index contributed by atoms with van der Waals surface area (Å²) >= 11 is 0. The van der Waals surface area contributed by atoms with Gasteiger partial charge in [0, 0.05) is 16.9 Å². The Morgan fingerprint density at radius 3 is 1.93 bits per heavy atom. The Morgan fingerprint density at radius 2 is 1.34 bits per heavy atom. The number of nitrogens with zero attached hydrogens (tertiary/aromatic N) is 1. The van der Waals surface area contributed by atoms with Gasteiger partial charge >= 0.3 is 0 Å². The smallest absolute Gasteiger partial charge is 0.255 e. The van der Waals surface area contributed by atoms with E-state index in [1.807, 2.05) is 31.2 Å². The lowest BCUT2D eigenvalue weighted by atomic mass is 10.2. The van der Waals surface area contributed by atoms with Crippen LogP contribution >= 0.6 is 0 Å². The topological polar surface area (TPSA) is 91.2 Å². The molecule has 3 aromatic rings. The van der Waals surface area contributed by atoms with E-state index in [1.54, 1.807) is 54.6 Å². The number of anilines is 2. The second kappa shape index (κ2) is 9.20. The maximum Gasteiger partial charge on any atom is 0.255 e. The molecule has 6 heteroatoms. The van der Waals surface area contributed by atoms with Gasteiger partial charge < -0.3 is 15.4 Å². The first-order valence-corrected chi connectivity index (χ1v) is 8.96. The number of aryl methyl sites for hydroxylation is 1. The SMILES string of the molecule is Cc1ccc(Oc2ccc(NC(=O)c3ccc(NC(=O)CC#N)cc3)cc2)cc1. The number of nitrogens with one attached hydrogen (secondary N) is 2. The summed E-state index contributed by atoms with van der Waals surface area (Å²) in [4.78, 5) is 23.8. The molecule has 0 aliphatic carbocycles. The molecule has 0 spiro atoms. The number of benzene rings is 3. The number of hydrogen-bond acceptors (Lipinski definition) is 4. The van der Waals surface area contributed by atoms with Gasteiger partial charge in [-0.3, -0.25) is 9.59 Å². The van der Waals surface area contributed by atoms with E-state index >= 15 is 0 Å². The molecule has 3 aromatic carbocycles. The van der Waals surface area contributed by atoms with E-state index in [4.69, 9.17) is 10.00 Å². The van der Waals surface area contributed by atoms with Crippen LogP contribution in [-0.2, 0) is 4.79 Å². The van der Waals surface area contributed by atoms with Crippen LogP contribution in [0.3, 0.4) is 0 Å². The third-order valence-corrected chi connectivity index (χ3v) is 4.04. The van der Waals surface area contributed by atoms with Crippen LogP contribution in [0.1, 0.15) is 22.3 Å². The van der Waals surface area contributed by atoms with Crippen LogP contribution in [-0.4, -0.2) is 11.8 Å². The van der Waals surface area contributed by atoms with Crippen molar-refractivity contribution in [1.29, 1.82) is 5.26 Å². The highest BCUT2D eigenvalue weighted by molar-refractivity contribution is 6.04. The molecule has 0 unspecified atom stereocenters. The van der Waals surface area contributed by atoms with Crippen molar-refractivity contribution in [3.8, 4) is 17.6 Å². The lowest BCUT2D eigenvalue weighted by Gasteiger charge is -2.09. The average molecular weight is 385 g/mol. The largest absolute Gasteiger partial charge is 0.457 e.